The van der Waals surface area contributed by atoms with Gasteiger partial charge in [-0.05, 0) is 44.2 Å². The van der Waals surface area contributed by atoms with E-state index in [4.69, 9.17) is 5.11 Å². The molecule has 2 rings (SSSR count). The van der Waals surface area contributed by atoms with Gasteiger partial charge in [0.2, 0.25) is 0 Å². The summed E-state index contributed by atoms with van der Waals surface area (Å²) in [4.78, 5) is 10.8. The van der Waals surface area contributed by atoms with Crippen molar-refractivity contribution in [3.05, 3.63) is 29.8 Å². The molecule has 0 bridgehead atoms. The van der Waals surface area contributed by atoms with Crippen molar-refractivity contribution in [3.63, 3.8) is 0 Å². The van der Waals surface area contributed by atoms with Crippen molar-refractivity contribution in [1.29, 1.82) is 0 Å². The van der Waals surface area contributed by atoms with Crippen LogP contribution in [0.25, 0.3) is 0 Å². The van der Waals surface area contributed by atoms with Crippen LogP contribution in [-0.4, -0.2) is 17.6 Å². The molecule has 92 valence electrons. The Labute approximate surface area is 102 Å². The van der Waals surface area contributed by atoms with Gasteiger partial charge in [-0.2, -0.15) is 0 Å². The van der Waals surface area contributed by atoms with Crippen molar-refractivity contribution >= 4 is 11.7 Å². The van der Waals surface area contributed by atoms with Crippen molar-refractivity contribution in [2.24, 2.45) is 11.8 Å². The van der Waals surface area contributed by atoms with Crippen LogP contribution in [0.1, 0.15) is 24.8 Å². The number of rotatable bonds is 4. The lowest BCUT2D eigenvalue weighted by Gasteiger charge is -2.12. The summed E-state index contributed by atoms with van der Waals surface area (Å²) in [7, 11) is 0. The van der Waals surface area contributed by atoms with E-state index in [-0.39, 0.29) is 5.92 Å². The highest BCUT2D eigenvalue weighted by Crippen LogP contribution is 2.31. The van der Waals surface area contributed by atoms with Gasteiger partial charge in [0.15, 0.2) is 0 Å². The van der Waals surface area contributed by atoms with E-state index in [9.17, 15) is 4.79 Å². The second kappa shape index (κ2) is 5.21. The van der Waals surface area contributed by atoms with E-state index < -0.39 is 5.97 Å². The highest BCUT2D eigenvalue weighted by Gasteiger charge is 2.29. The summed E-state index contributed by atoms with van der Waals surface area (Å²) < 4.78 is 0. The molecule has 0 radical (unpaired) electrons. The smallest absolute Gasteiger partial charge is 0.306 e. The normalized spacial score (nSPS) is 23.6. The first-order valence-corrected chi connectivity index (χ1v) is 6.18. The minimum atomic E-state index is -0.636. The molecule has 1 fully saturated rings. The van der Waals surface area contributed by atoms with Gasteiger partial charge < -0.3 is 10.4 Å². The molecule has 1 aliphatic rings. The van der Waals surface area contributed by atoms with Crippen LogP contribution in [0.3, 0.4) is 0 Å². The van der Waals surface area contributed by atoms with Crippen molar-refractivity contribution in [2.75, 3.05) is 11.9 Å². The van der Waals surface area contributed by atoms with E-state index in [2.05, 4.69) is 36.5 Å². The van der Waals surface area contributed by atoms with E-state index in [1.54, 1.807) is 0 Å². The number of carboxylic acids is 1. The number of carbonyl (C=O) groups is 1. The van der Waals surface area contributed by atoms with Gasteiger partial charge >= 0.3 is 5.97 Å². The van der Waals surface area contributed by atoms with Crippen LogP contribution in [0.4, 0.5) is 5.69 Å². The maximum Gasteiger partial charge on any atom is 0.306 e. The van der Waals surface area contributed by atoms with Crippen LogP contribution in [0, 0.1) is 18.8 Å². The lowest BCUT2D eigenvalue weighted by atomic mass is 10.1. The van der Waals surface area contributed by atoms with Gasteiger partial charge in [0.25, 0.3) is 0 Å². The molecule has 2 atom stereocenters. The first-order chi connectivity index (χ1) is 8.15. The molecule has 17 heavy (non-hydrogen) atoms. The van der Waals surface area contributed by atoms with Gasteiger partial charge in [-0.3, -0.25) is 4.79 Å². The largest absolute Gasteiger partial charge is 0.481 e. The number of aliphatic carboxylic acids is 1. The summed E-state index contributed by atoms with van der Waals surface area (Å²) >= 11 is 0. The Bertz CT molecular complexity index is 386. The summed E-state index contributed by atoms with van der Waals surface area (Å²) in [5.74, 6) is -0.264. The predicted molar refractivity (Wildman–Crippen MR) is 68.1 cm³/mol. The Morgan fingerprint density at radius 3 is 2.65 bits per heavy atom. The Kier molecular flexibility index (Phi) is 3.67. The average molecular weight is 233 g/mol. The topological polar surface area (TPSA) is 49.3 Å². The summed E-state index contributed by atoms with van der Waals surface area (Å²) in [6.07, 6.45) is 2.67. The molecule has 0 saturated heterocycles. The number of anilines is 1. The van der Waals surface area contributed by atoms with E-state index in [0.29, 0.717) is 5.92 Å². The minimum Gasteiger partial charge on any atom is -0.481 e. The van der Waals surface area contributed by atoms with Crippen LogP contribution in [-0.2, 0) is 4.79 Å². The van der Waals surface area contributed by atoms with Gasteiger partial charge in [0, 0.05) is 12.2 Å². The lowest BCUT2D eigenvalue weighted by molar-refractivity contribution is -0.141. The van der Waals surface area contributed by atoms with Gasteiger partial charge in [0.05, 0.1) is 5.92 Å². The third-order valence-corrected chi connectivity index (χ3v) is 3.54. The molecular weight excluding hydrogens is 214 g/mol. The van der Waals surface area contributed by atoms with E-state index in [1.807, 2.05) is 0 Å². The molecule has 3 nitrogen and oxygen atoms in total. The molecule has 0 aromatic heterocycles. The second-order valence-corrected chi connectivity index (χ2v) is 4.96. The Hall–Kier alpha value is -1.51. The number of nitrogens with one attached hydrogen (secondary N) is 1. The zero-order valence-electron chi connectivity index (χ0n) is 10.1. The summed E-state index contributed by atoms with van der Waals surface area (Å²) in [5, 5.41) is 12.3. The van der Waals surface area contributed by atoms with E-state index >= 15 is 0 Å². The molecule has 0 aliphatic heterocycles. The summed E-state index contributed by atoms with van der Waals surface area (Å²) in [6, 6.07) is 8.30. The van der Waals surface area contributed by atoms with Gasteiger partial charge in [-0.25, -0.2) is 0 Å². The molecule has 0 amide bonds. The number of aryl methyl sites for hydroxylation is 1. The third kappa shape index (κ3) is 3.22. The van der Waals surface area contributed by atoms with Crippen molar-refractivity contribution in [1.82, 2.24) is 0 Å². The second-order valence-electron chi connectivity index (χ2n) is 4.96. The molecular formula is C14H19NO2. The van der Waals surface area contributed by atoms with Crippen molar-refractivity contribution < 1.29 is 9.90 Å². The summed E-state index contributed by atoms with van der Waals surface area (Å²) in [5.41, 5.74) is 2.37. The minimum absolute atomic E-state index is 0.125. The zero-order chi connectivity index (χ0) is 12.3. The molecule has 1 aromatic rings. The quantitative estimate of drug-likeness (QED) is 0.840. The molecule has 3 heteroatoms. The maximum atomic E-state index is 10.8. The van der Waals surface area contributed by atoms with Gasteiger partial charge in [-0.15, -0.1) is 0 Å². The standard InChI is InChI=1S/C14H19NO2/c1-10-2-6-13(7-3-10)15-9-11-4-5-12(8-11)14(16)17/h2-3,6-7,11-12,15H,4-5,8-9H2,1H3,(H,16,17). The SMILES string of the molecule is Cc1ccc(NCC2CCC(C(=O)O)C2)cc1. The molecule has 0 heterocycles. The molecule has 2 unspecified atom stereocenters. The van der Waals surface area contributed by atoms with Gasteiger partial charge in [0.1, 0.15) is 0 Å². The van der Waals surface area contributed by atoms with Crippen LogP contribution >= 0.6 is 0 Å². The Balaban J connectivity index is 1.80. The predicted octanol–water partition coefficient (Wildman–Crippen LogP) is 2.91. The zero-order valence-corrected chi connectivity index (χ0v) is 10.1. The molecule has 0 spiro atoms. The van der Waals surface area contributed by atoms with Crippen LogP contribution in [0.2, 0.25) is 0 Å². The Morgan fingerprint density at radius 1 is 1.35 bits per heavy atom. The molecule has 1 saturated carbocycles. The highest BCUT2D eigenvalue weighted by atomic mass is 16.4. The highest BCUT2D eigenvalue weighted by molar-refractivity contribution is 5.70. The molecule has 1 aliphatic carbocycles. The fourth-order valence-corrected chi connectivity index (χ4v) is 2.42. The Morgan fingerprint density at radius 2 is 2.06 bits per heavy atom. The lowest BCUT2D eigenvalue weighted by Crippen LogP contribution is -2.14. The number of hydrogen-bond acceptors (Lipinski definition) is 2. The third-order valence-electron chi connectivity index (χ3n) is 3.54. The van der Waals surface area contributed by atoms with Gasteiger partial charge in [-0.1, -0.05) is 17.7 Å². The fraction of sp³-hybridized carbons (Fsp3) is 0.500. The number of benzene rings is 1. The molecule has 1 aromatic carbocycles. The van der Waals surface area contributed by atoms with Crippen molar-refractivity contribution in [2.45, 2.75) is 26.2 Å². The van der Waals surface area contributed by atoms with E-state index in [1.165, 1.54) is 5.56 Å². The summed E-state index contributed by atoms with van der Waals surface area (Å²) in [6.45, 7) is 2.95. The molecule has 2 N–H and O–H groups in total. The number of carboxylic acid groups (broad SMARTS) is 1. The first-order valence-electron chi connectivity index (χ1n) is 6.18. The average Bonchev–Trinajstić information content (AvgIpc) is 2.77. The van der Waals surface area contributed by atoms with Crippen LogP contribution < -0.4 is 5.32 Å². The van der Waals surface area contributed by atoms with Crippen LogP contribution in [0.15, 0.2) is 24.3 Å². The van der Waals surface area contributed by atoms with Crippen LogP contribution in [0.5, 0.6) is 0 Å². The van der Waals surface area contributed by atoms with E-state index in [0.717, 1.165) is 31.5 Å². The fourth-order valence-electron chi connectivity index (χ4n) is 2.42. The number of hydrogen-bond donors (Lipinski definition) is 2. The first kappa shape index (κ1) is 12.0. The monoisotopic (exact) mass is 233 g/mol. The maximum absolute atomic E-state index is 10.8. The van der Waals surface area contributed by atoms with Crippen molar-refractivity contribution in [3.8, 4) is 0 Å².